The molecule has 2 aromatic carbocycles. The molecule has 26 heavy (non-hydrogen) atoms. The summed E-state index contributed by atoms with van der Waals surface area (Å²) < 4.78 is 18.5. The van der Waals surface area contributed by atoms with Crippen LogP contribution in [0.4, 0.5) is 21.5 Å². The maximum Gasteiger partial charge on any atom is 0.226 e. The van der Waals surface area contributed by atoms with Crippen molar-refractivity contribution < 1.29 is 13.9 Å². The number of carbonyl (C=O) groups is 1. The minimum atomic E-state index is -0.508. The van der Waals surface area contributed by atoms with Crippen molar-refractivity contribution in [2.24, 2.45) is 0 Å². The molecule has 2 N–H and O–H groups in total. The smallest absolute Gasteiger partial charge is 0.226 e. The molecule has 7 heteroatoms. The maximum atomic E-state index is 13.2. The van der Waals surface area contributed by atoms with Gasteiger partial charge in [-0.05, 0) is 30.3 Å². The first-order chi connectivity index (χ1) is 12.6. The Bertz CT molecular complexity index is 766. The van der Waals surface area contributed by atoms with E-state index in [4.69, 9.17) is 16.3 Å². The van der Waals surface area contributed by atoms with Crippen LogP contribution in [0.3, 0.4) is 0 Å². The molecular formula is C19H21ClFN3O2. The molecule has 0 spiro atoms. The second kappa shape index (κ2) is 8.87. The van der Waals surface area contributed by atoms with Crippen LogP contribution < -0.4 is 15.5 Å². The lowest BCUT2D eigenvalue weighted by Gasteiger charge is -2.30. The highest BCUT2D eigenvalue weighted by Crippen LogP contribution is 2.26. The van der Waals surface area contributed by atoms with Gasteiger partial charge >= 0.3 is 0 Å². The molecule has 1 fully saturated rings. The summed E-state index contributed by atoms with van der Waals surface area (Å²) in [4.78, 5) is 14.3. The molecular weight excluding hydrogens is 357 g/mol. The Kier molecular flexibility index (Phi) is 6.30. The maximum absolute atomic E-state index is 13.2. The van der Waals surface area contributed by atoms with Crippen LogP contribution in [0.2, 0.25) is 5.02 Å². The first kappa shape index (κ1) is 18.5. The Morgan fingerprint density at radius 2 is 1.96 bits per heavy atom. The molecule has 1 saturated heterocycles. The van der Waals surface area contributed by atoms with Gasteiger partial charge in [0.05, 0.1) is 29.6 Å². The van der Waals surface area contributed by atoms with Crippen LogP contribution in [0.25, 0.3) is 0 Å². The normalized spacial score (nSPS) is 14.2. The number of carbonyl (C=O) groups excluding carboxylic acids is 1. The molecule has 2 aromatic rings. The summed E-state index contributed by atoms with van der Waals surface area (Å²) >= 11 is 5.72. The quantitative estimate of drug-likeness (QED) is 0.804. The van der Waals surface area contributed by atoms with Crippen molar-refractivity contribution >= 4 is 34.6 Å². The van der Waals surface area contributed by atoms with Gasteiger partial charge in [-0.1, -0.05) is 23.7 Å². The van der Waals surface area contributed by atoms with E-state index in [1.54, 1.807) is 0 Å². The highest BCUT2D eigenvalue weighted by atomic mass is 35.5. The lowest BCUT2D eigenvalue weighted by Crippen LogP contribution is -2.36. The van der Waals surface area contributed by atoms with E-state index < -0.39 is 5.82 Å². The Balaban J connectivity index is 1.53. The van der Waals surface area contributed by atoms with Crippen LogP contribution in [0.1, 0.15) is 6.42 Å². The van der Waals surface area contributed by atoms with Crippen molar-refractivity contribution in [3.8, 4) is 0 Å². The summed E-state index contributed by atoms with van der Waals surface area (Å²) in [6.07, 6.45) is 0.284. The number of para-hydroxylation sites is 2. The van der Waals surface area contributed by atoms with Crippen LogP contribution >= 0.6 is 11.6 Å². The summed E-state index contributed by atoms with van der Waals surface area (Å²) in [5.41, 5.74) is 2.59. The number of morpholine rings is 1. The van der Waals surface area contributed by atoms with E-state index in [2.05, 4.69) is 21.6 Å². The fraction of sp³-hybridized carbons (Fsp3) is 0.316. The number of benzene rings is 2. The van der Waals surface area contributed by atoms with E-state index in [0.29, 0.717) is 12.2 Å². The zero-order valence-electron chi connectivity index (χ0n) is 14.3. The third kappa shape index (κ3) is 4.86. The van der Waals surface area contributed by atoms with Crippen LogP contribution in [-0.2, 0) is 9.53 Å². The number of ether oxygens (including phenoxy) is 1. The van der Waals surface area contributed by atoms with Crippen molar-refractivity contribution in [2.75, 3.05) is 48.4 Å². The zero-order valence-corrected chi connectivity index (χ0v) is 15.1. The Hall–Kier alpha value is -2.31. The number of rotatable bonds is 6. The van der Waals surface area contributed by atoms with Crippen molar-refractivity contribution in [1.29, 1.82) is 0 Å². The monoisotopic (exact) mass is 377 g/mol. The SMILES string of the molecule is O=C(CCNc1ccccc1N1CCOCC1)Nc1ccc(F)c(Cl)c1. The zero-order chi connectivity index (χ0) is 18.4. The molecule has 0 radical (unpaired) electrons. The van der Waals surface area contributed by atoms with Gasteiger partial charge in [-0.25, -0.2) is 4.39 Å². The number of amides is 1. The van der Waals surface area contributed by atoms with Crippen LogP contribution in [-0.4, -0.2) is 38.8 Å². The Labute approximate surface area is 157 Å². The average molecular weight is 378 g/mol. The van der Waals surface area contributed by atoms with E-state index in [-0.39, 0.29) is 17.4 Å². The molecule has 1 amide bonds. The lowest BCUT2D eigenvalue weighted by molar-refractivity contribution is -0.115. The number of nitrogens with one attached hydrogen (secondary N) is 2. The third-order valence-corrected chi connectivity index (χ3v) is 4.42. The Morgan fingerprint density at radius 1 is 1.19 bits per heavy atom. The van der Waals surface area contributed by atoms with Gasteiger partial charge in [0.15, 0.2) is 0 Å². The highest BCUT2D eigenvalue weighted by Gasteiger charge is 2.14. The third-order valence-electron chi connectivity index (χ3n) is 4.13. The number of hydrogen-bond acceptors (Lipinski definition) is 4. The second-order valence-electron chi connectivity index (χ2n) is 5.97. The molecule has 0 bridgehead atoms. The highest BCUT2D eigenvalue weighted by molar-refractivity contribution is 6.31. The molecule has 0 aromatic heterocycles. The van der Waals surface area contributed by atoms with Crippen molar-refractivity contribution in [2.45, 2.75) is 6.42 Å². The molecule has 0 unspecified atom stereocenters. The molecule has 3 rings (SSSR count). The summed E-state index contributed by atoms with van der Waals surface area (Å²) in [5, 5.41) is 6.02. The summed E-state index contributed by atoms with van der Waals surface area (Å²) in [6, 6.07) is 12.1. The first-order valence-electron chi connectivity index (χ1n) is 8.54. The minimum Gasteiger partial charge on any atom is -0.383 e. The molecule has 1 heterocycles. The number of anilines is 3. The largest absolute Gasteiger partial charge is 0.383 e. The fourth-order valence-electron chi connectivity index (χ4n) is 2.81. The molecule has 0 atom stereocenters. The fourth-order valence-corrected chi connectivity index (χ4v) is 2.99. The Morgan fingerprint density at radius 3 is 2.73 bits per heavy atom. The van der Waals surface area contributed by atoms with Gasteiger partial charge in [0.2, 0.25) is 5.91 Å². The predicted octanol–water partition coefficient (Wildman–Crippen LogP) is 3.76. The van der Waals surface area contributed by atoms with Gasteiger partial charge in [-0.15, -0.1) is 0 Å². The number of hydrogen-bond donors (Lipinski definition) is 2. The van der Waals surface area contributed by atoms with Gasteiger partial charge in [-0.3, -0.25) is 4.79 Å². The van der Waals surface area contributed by atoms with Crippen LogP contribution in [0, 0.1) is 5.82 Å². The topological polar surface area (TPSA) is 53.6 Å². The predicted molar refractivity (Wildman–Crippen MR) is 103 cm³/mol. The molecule has 138 valence electrons. The summed E-state index contributed by atoms with van der Waals surface area (Å²) in [5.74, 6) is -0.671. The van der Waals surface area contributed by atoms with E-state index in [1.807, 2.05) is 18.2 Å². The van der Waals surface area contributed by atoms with Crippen molar-refractivity contribution in [1.82, 2.24) is 0 Å². The molecule has 0 aliphatic carbocycles. The first-order valence-corrected chi connectivity index (χ1v) is 8.92. The molecule has 1 aliphatic rings. The molecule has 0 saturated carbocycles. The lowest BCUT2D eigenvalue weighted by atomic mass is 10.2. The van der Waals surface area contributed by atoms with E-state index in [0.717, 1.165) is 37.7 Å². The summed E-state index contributed by atoms with van der Waals surface area (Å²) in [6.45, 7) is 3.63. The van der Waals surface area contributed by atoms with Crippen LogP contribution in [0.5, 0.6) is 0 Å². The standard InChI is InChI=1S/C19H21ClFN3O2/c20-15-13-14(5-6-16(15)21)23-19(25)7-8-22-17-3-1-2-4-18(17)24-9-11-26-12-10-24/h1-6,13,22H,7-12H2,(H,23,25). The minimum absolute atomic E-state index is 0.0136. The van der Waals surface area contributed by atoms with E-state index >= 15 is 0 Å². The number of halogens is 2. The summed E-state index contributed by atoms with van der Waals surface area (Å²) in [7, 11) is 0. The van der Waals surface area contributed by atoms with Crippen molar-refractivity contribution in [3.63, 3.8) is 0 Å². The van der Waals surface area contributed by atoms with Gasteiger partial charge in [0, 0.05) is 31.7 Å². The van der Waals surface area contributed by atoms with Gasteiger partial charge in [0.25, 0.3) is 0 Å². The molecule has 1 aliphatic heterocycles. The second-order valence-corrected chi connectivity index (χ2v) is 6.38. The van der Waals surface area contributed by atoms with Gasteiger partial charge in [-0.2, -0.15) is 0 Å². The van der Waals surface area contributed by atoms with Gasteiger partial charge in [0.1, 0.15) is 5.82 Å². The van der Waals surface area contributed by atoms with E-state index in [1.165, 1.54) is 18.2 Å². The molecule has 5 nitrogen and oxygen atoms in total. The van der Waals surface area contributed by atoms with Crippen LogP contribution in [0.15, 0.2) is 42.5 Å². The van der Waals surface area contributed by atoms with Gasteiger partial charge < -0.3 is 20.3 Å². The number of nitrogens with zero attached hydrogens (tertiary/aromatic N) is 1. The van der Waals surface area contributed by atoms with E-state index in [9.17, 15) is 9.18 Å². The van der Waals surface area contributed by atoms with Crippen molar-refractivity contribution in [3.05, 3.63) is 53.3 Å². The average Bonchev–Trinajstić information content (AvgIpc) is 2.66.